The van der Waals surface area contributed by atoms with E-state index in [4.69, 9.17) is 14.5 Å². The minimum atomic E-state index is -0.408. The van der Waals surface area contributed by atoms with Gasteiger partial charge in [0.2, 0.25) is 0 Å². The van der Waals surface area contributed by atoms with Gasteiger partial charge in [-0.25, -0.2) is 9.78 Å². The molecular formula is C18H30O5. The summed E-state index contributed by atoms with van der Waals surface area (Å²) in [7, 11) is 1.38. The summed E-state index contributed by atoms with van der Waals surface area (Å²) in [5.74, 6) is 0.291. The predicted molar refractivity (Wildman–Crippen MR) is 87.6 cm³/mol. The van der Waals surface area contributed by atoms with E-state index in [0.29, 0.717) is 0 Å². The van der Waals surface area contributed by atoms with Crippen molar-refractivity contribution in [2.45, 2.75) is 71.5 Å². The second kappa shape index (κ2) is 9.18. The Kier molecular flexibility index (Phi) is 7.92. The van der Waals surface area contributed by atoms with E-state index in [9.17, 15) is 9.59 Å². The van der Waals surface area contributed by atoms with Crippen molar-refractivity contribution in [3.63, 3.8) is 0 Å². The highest BCUT2D eigenvalue weighted by atomic mass is 17.2. The molecule has 0 bridgehead atoms. The summed E-state index contributed by atoms with van der Waals surface area (Å²) in [4.78, 5) is 33.8. The van der Waals surface area contributed by atoms with Crippen LogP contribution in [0.15, 0.2) is 12.2 Å². The van der Waals surface area contributed by atoms with Crippen LogP contribution in [0, 0.1) is 11.8 Å². The zero-order valence-corrected chi connectivity index (χ0v) is 15.0. The molecule has 1 rings (SSSR count). The number of carbonyl (C=O) groups excluding carboxylic acids is 2. The van der Waals surface area contributed by atoms with Gasteiger partial charge in [-0.15, -0.1) is 0 Å². The molecule has 1 fully saturated rings. The van der Waals surface area contributed by atoms with E-state index < -0.39 is 5.60 Å². The minimum absolute atomic E-state index is 0.0546. The van der Waals surface area contributed by atoms with Gasteiger partial charge in [0, 0.05) is 0 Å². The van der Waals surface area contributed by atoms with Gasteiger partial charge in [-0.2, -0.15) is 0 Å². The topological polar surface area (TPSA) is 61.8 Å². The number of hydrogen-bond donors (Lipinski definition) is 0. The first-order valence-electron chi connectivity index (χ1n) is 8.43. The second-order valence-electron chi connectivity index (χ2n) is 6.66. The summed E-state index contributed by atoms with van der Waals surface area (Å²) in [6.45, 7) is 7.78. The fourth-order valence-corrected chi connectivity index (χ4v) is 3.12. The summed E-state index contributed by atoms with van der Waals surface area (Å²) in [6.07, 6.45) is 7.01. The first kappa shape index (κ1) is 19.8. The standard InChI is InChI=1S/C18H30O5/c1-6-14(9-8-13(3)19)11-18(4)12-15(7-2)16(22-23-18)10-17(20)21-5/h8-9,14-16H,6-7,10-12H2,1-5H3/b9-8+/t14-,15+,16+,18-/m0/s1. The SMILES string of the molecule is CC[C@@H](/C=C/C(C)=O)C[C@@]1(C)C[C@@H](CC)[C@@H](CC(=O)OC)OO1. The summed E-state index contributed by atoms with van der Waals surface area (Å²) >= 11 is 0. The highest BCUT2D eigenvalue weighted by molar-refractivity contribution is 5.87. The van der Waals surface area contributed by atoms with E-state index in [2.05, 4.69) is 13.8 Å². The molecule has 4 atom stereocenters. The summed E-state index contributed by atoms with van der Waals surface area (Å²) in [6, 6.07) is 0. The maximum absolute atomic E-state index is 11.5. The van der Waals surface area contributed by atoms with E-state index in [0.717, 1.165) is 25.7 Å². The van der Waals surface area contributed by atoms with Crippen LogP contribution in [0.5, 0.6) is 0 Å². The minimum Gasteiger partial charge on any atom is -0.469 e. The lowest BCUT2D eigenvalue weighted by atomic mass is 9.79. The van der Waals surface area contributed by atoms with Crippen molar-refractivity contribution >= 4 is 11.8 Å². The van der Waals surface area contributed by atoms with E-state index in [-0.39, 0.29) is 36.1 Å². The van der Waals surface area contributed by atoms with Crippen LogP contribution in [-0.4, -0.2) is 30.6 Å². The molecule has 0 radical (unpaired) electrons. The molecule has 0 unspecified atom stereocenters. The number of allylic oxidation sites excluding steroid dienone is 2. The Morgan fingerprint density at radius 1 is 1.39 bits per heavy atom. The quantitative estimate of drug-likeness (QED) is 0.387. The monoisotopic (exact) mass is 326 g/mol. The number of carbonyl (C=O) groups is 2. The third-order valence-electron chi connectivity index (χ3n) is 4.53. The van der Waals surface area contributed by atoms with Gasteiger partial charge in [0.15, 0.2) is 5.78 Å². The maximum Gasteiger partial charge on any atom is 0.308 e. The van der Waals surface area contributed by atoms with Crippen molar-refractivity contribution in [3.05, 3.63) is 12.2 Å². The Balaban J connectivity index is 2.69. The molecule has 0 aromatic carbocycles. The molecule has 1 aliphatic heterocycles. The number of rotatable bonds is 8. The Morgan fingerprint density at radius 3 is 2.61 bits per heavy atom. The van der Waals surface area contributed by atoms with E-state index in [1.165, 1.54) is 7.11 Å². The largest absolute Gasteiger partial charge is 0.469 e. The molecule has 1 saturated heterocycles. The molecule has 132 valence electrons. The van der Waals surface area contributed by atoms with Gasteiger partial charge in [0.25, 0.3) is 0 Å². The molecule has 23 heavy (non-hydrogen) atoms. The van der Waals surface area contributed by atoms with Gasteiger partial charge >= 0.3 is 5.97 Å². The molecule has 0 spiro atoms. The smallest absolute Gasteiger partial charge is 0.308 e. The van der Waals surface area contributed by atoms with Crippen LogP contribution in [0.3, 0.4) is 0 Å². The van der Waals surface area contributed by atoms with Crippen molar-refractivity contribution in [3.8, 4) is 0 Å². The Labute approximate surface area is 139 Å². The van der Waals surface area contributed by atoms with Gasteiger partial charge in [0.1, 0.15) is 11.7 Å². The summed E-state index contributed by atoms with van der Waals surface area (Å²) in [5.41, 5.74) is -0.408. The Morgan fingerprint density at radius 2 is 2.09 bits per heavy atom. The second-order valence-corrected chi connectivity index (χ2v) is 6.66. The van der Waals surface area contributed by atoms with Crippen LogP contribution < -0.4 is 0 Å². The van der Waals surface area contributed by atoms with Crippen LogP contribution in [0.25, 0.3) is 0 Å². The van der Waals surface area contributed by atoms with Crippen molar-refractivity contribution in [2.75, 3.05) is 7.11 Å². The van der Waals surface area contributed by atoms with E-state index >= 15 is 0 Å². The number of methoxy groups -OCH3 is 1. The lowest BCUT2D eigenvalue weighted by Gasteiger charge is -2.42. The van der Waals surface area contributed by atoms with Crippen LogP contribution in [0.1, 0.15) is 59.8 Å². The zero-order chi connectivity index (χ0) is 17.5. The predicted octanol–water partition coefficient (Wildman–Crippen LogP) is 3.62. The van der Waals surface area contributed by atoms with Gasteiger partial charge in [-0.1, -0.05) is 26.3 Å². The molecule has 0 aliphatic carbocycles. The van der Waals surface area contributed by atoms with Crippen LogP contribution in [-0.2, 0) is 24.1 Å². The molecule has 0 aromatic rings. The fraction of sp³-hybridized carbons (Fsp3) is 0.778. The van der Waals surface area contributed by atoms with Crippen molar-refractivity contribution in [1.82, 2.24) is 0 Å². The molecule has 1 aliphatic rings. The molecule has 0 saturated carbocycles. The third-order valence-corrected chi connectivity index (χ3v) is 4.53. The van der Waals surface area contributed by atoms with Gasteiger partial charge in [0.05, 0.1) is 13.5 Å². The fourth-order valence-electron chi connectivity index (χ4n) is 3.12. The lowest BCUT2D eigenvalue weighted by molar-refractivity contribution is -0.419. The molecule has 5 nitrogen and oxygen atoms in total. The normalized spacial score (nSPS) is 29.4. The third kappa shape index (κ3) is 6.43. The first-order valence-corrected chi connectivity index (χ1v) is 8.43. The molecule has 1 heterocycles. The Bertz CT molecular complexity index is 431. The molecule has 0 aromatic heterocycles. The molecular weight excluding hydrogens is 296 g/mol. The van der Waals surface area contributed by atoms with E-state index in [1.54, 1.807) is 13.0 Å². The average Bonchev–Trinajstić information content (AvgIpc) is 2.52. The molecule has 0 N–H and O–H groups in total. The average molecular weight is 326 g/mol. The summed E-state index contributed by atoms with van der Waals surface area (Å²) < 4.78 is 4.72. The number of ether oxygens (including phenoxy) is 1. The van der Waals surface area contributed by atoms with Crippen LogP contribution >= 0.6 is 0 Å². The first-order chi connectivity index (χ1) is 10.8. The maximum atomic E-state index is 11.5. The number of esters is 1. The van der Waals surface area contributed by atoms with Crippen LogP contribution in [0.2, 0.25) is 0 Å². The molecule has 0 amide bonds. The summed E-state index contributed by atoms with van der Waals surface area (Å²) in [5, 5.41) is 0. The van der Waals surface area contributed by atoms with Crippen molar-refractivity contribution < 1.29 is 24.1 Å². The van der Waals surface area contributed by atoms with Crippen LogP contribution in [0.4, 0.5) is 0 Å². The zero-order valence-electron chi connectivity index (χ0n) is 15.0. The van der Waals surface area contributed by atoms with E-state index in [1.807, 2.05) is 13.0 Å². The van der Waals surface area contributed by atoms with Crippen molar-refractivity contribution in [2.24, 2.45) is 11.8 Å². The highest BCUT2D eigenvalue weighted by Crippen LogP contribution is 2.39. The van der Waals surface area contributed by atoms with Crippen molar-refractivity contribution in [1.29, 1.82) is 0 Å². The number of hydrogen-bond acceptors (Lipinski definition) is 5. The Hall–Kier alpha value is -1.20. The lowest BCUT2D eigenvalue weighted by Crippen LogP contribution is -2.45. The van der Waals surface area contributed by atoms with Gasteiger partial charge in [-0.05, 0) is 51.0 Å². The van der Waals surface area contributed by atoms with Gasteiger partial charge < -0.3 is 4.74 Å². The molecule has 5 heteroatoms. The number of ketones is 1. The van der Waals surface area contributed by atoms with Gasteiger partial charge in [-0.3, -0.25) is 9.59 Å². The highest BCUT2D eigenvalue weighted by Gasteiger charge is 2.41.